The zero-order valence-electron chi connectivity index (χ0n) is 10.4. The maximum atomic E-state index is 11.5. The van der Waals surface area contributed by atoms with Crippen molar-refractivity contribution in [1.82, 2.24) is 0 Å². The largest absolute Gasteiger partial charge is 0.364 e. The predicted octanol–water partition coefficient (Wildman–Crippen LogP) is 1.85. The van der Waals surface area contributed by atoms with E-state index in [9.17, 15) is 9.59 Å². The van der Waals surface area contributed by atoms with Crippen molar-refractivity contribution >= 4 is 17.4 Å². The second-order valence-electron chi connectivity index (χ2n) is 4.12. The van der Waals surface area contributed by atoms with Gasteiger partial charge in [0, 0.05) is 5.69 Å². The normalized spacial score (nSPS) is 10.1. The molecule has 1 N–H and O–H groups in total. The van der Waals surface area contributed by atoms with Gasteiger partial charge < -0.3 is 10.1 Å². The number of anilines is 1. The maximum absolute atomic E-state index is 11.5. The van der Waals surface area contributed by atoms with Crippen molar-refractivity contribution in [2.45, 2.75) is 20.8 Å². The Morgan fingerprint density at radius 3 is 2.24 bits per heavy atom. The molecule has 4 nitrogen and oxygen atoms in total. The molecule has 0 spiro atoms. The fourth-order valence-corrected chi connectivity index (χ4v) is 1.53. The Balaban J connectivity index is 2.47. The monoisotopic (exact) mass is 235 g/mol. The molecule has 0 aliphatic heterocycles. The molecule has 0 fully saturated rings. The van der Waals surface area contributed by atoms with E-state index in [1.165, 1.54) is 6.92 Å². The number of aryl methyl sites for hydroxylation is 2. The molecule has 0 radical (unpaired) electrons. The summed E-state index contributed by atoms with van der Waals surface area (Å²) in [7, 11) is 0. The van der Waals surface area contributed by atoms with Crippen LogP contribution in [0.15, 0.2) is 18.2 Å². The third kappa shape index (κ3) is 5.26. The van der Waals surface area contributed by atoms with Crippen LogP contribution in [-0.4, -0.2) is 24.9 Å². The zero-order chi connectivity index (χ0) is 12.8. The number of amides is 1. The van der Waals surface area contributed by atoms with Gasteiger partial charge in [0.15, 0.2) is 5.78 Å². The number of carbonyl (C=O) groups is 2. The van der Waals surface area contributed by atoms with Crippen LogP contribution in [0.25, 0.3) is 0 Å². The van der Waals surface area contributed by atoms with Gasteiger partial charge in [0.25, 0.3) is 0 Å². The standard InChI is InChI=1S/C13H17NO3/c1-9-4-10(2)6-12(5-9)14-13(16)8-17-7-11(3)15/h4-6H,7-8H2,1-3H3,(H,14,16). The minimum absolute atomic E-state index is 0.0275. The lowest BCUT2D eigenvalue weighted by molar-refractivity contribution is -0.125. The highest BCUT2D eigenvalue weighted by atomic mass is 16.5. The summed E-state index contributed by atoms with van der Waals surface area (Å²) in [6.07, 6.45) is 0. The molecule has 0 aliphatic carbocycles. The first-order valence-corrected chi connectivity index (χ1v) is 5.42. The van der Waals surface area contributed by atoms with Crippen molar-refractivity contribution in [3.05, 3.63) is 29.3 Å². The molecule has 1 aromatic carbocycles. The number of Topliss-reactive ketones (excluding diaryl/α,β-unsaturated/α-hetero) is 1. The summed E-state index contributed by atoms with van der Waals surface area (Å²) >= 11 is 0. The molecule has 92 valence electrons. The summed E-state index contributed by atoms with van der Waals surface area (Å²) in [5.74, 6) is -0.347. The predicted molar refractivity (Wildman–Crippen MR) is 66.0 cm³/mol. The molecule has 0 atom stereocenters. The highest BCUT2D eigenvalue weighted by molar-refractivity contribution is 5.92. The van der Waals surface area contributed by atoms with E-state index in [1.54, 1.807) is 0 Å². The van der Waals surface area contributed by atoms with Crippen LogP contribution in [0.1, 0.15) is 18.1 Å². The van der Waals surface area contributed by atoms with Crippen molar-refractivity contribution in [3.63, 3.8) is 0 Å². The topological polar surface area (TPSA) is 55.4 Å². The summed E-state index contributed by atoms with van der Waals surface area (Å²) in [4.78, 5) is 22.1. The number of benzene rings is 1. The van der Waals surface area contributed by atoms with E-state index in [0.717, 1.165) is 16.8 Å². The van der Waals surface area contributed by atoms with E-state index >= 15 is 0 Å². The first-order chi connectivity index (χ1) is 7.97. The van der Waals surface area contributed by atoms with Crippen LogP contribution in [0.2, 0.25) is 0 Å². The van der Waals surface area contributed by atoms with Crippen molar-refractivity contribution in [2.24, 2.45) is 0 Å². The Labute approximate surface area is 101 Å². The summed E-state index contributed by atoms with van der Waals surface area (Å²) in [6.45, 7) is 5.22. The smallest absolute Gasteiger partial charge is 0.250 e. The fraction of sp³-hybridized carbons (Fsp3) is 0.385. The van der Waals surface area contributed by atoms with Gasteiger partial charge in [-0.3, -0.25) is 9.59 Å². The Morgan fingerprint density at radius 1 is 1.12 bits per heavy atom. The molecule has 0 bridgehead atoms. The Hall–Kier alpha value is -1.68. The van der Waals surface area contributed by atoms with Gasteiger partial charge in [0.05, 0.1) is 0 Å². The molecule has 1 aromatic rings. The van der Waals surface area contributed by atoms with Crippen LogP contribution in [-0.2, 0) is 14.3 Å². The second kappa shape index (κ2) is 6.15. The van der Waals surface area contributed by atoms with Gasteiger partial charge in [-0.1, -0.05) is 6.07 Å². The van der Waals surface area contributed by atoms with E-state index < -0.39 is 0 Å². The molecular formula is C13H17NO3. The molecule has 0 saturated heterocycles. The van der Waals surface area contributed by atoms with Crippen LogP contribution >= 0.6 is 0 Å². The maximum Gasteiger partial charge on any atom is 0.250 e. The quantitative estimate of drug-likeness (QED) is 0.847. The van der Waals surface area contributed by atoms with Crippen molar-refractivity contribution in [3.8, 4) is 0 Å². The molecule has 0 heterocycles. The van der Waals surface area contributed by atoms with E-state index in [4.69, 9.17) is 4.74 Å². The van der Waals surface area contributed by atoms with Crippen molar-refractivity contribution in [1.29, 1.82) is 0 Å². The van der Waals surface area contributed by atoms with Crippen LogP contribution in [0.4, 0.5) is 5.69 Å². The molecule has 0 unspecified atom stereocenters. The van der Waals surface area contributed by atoms with E-state index in [-0.39, 0.29) is 24.9 Å². The minimum atomic E-state index is -0.253. The number of rotatable bonds is 5. The Kier molecular flexibility index (Phi) is 4.84. The first-order valence-electron chi connectivity index (χ1n) is 5.42. The SMILES string of the molecule is CC(=O)COCC(=O)Nc1cc(C)cc(C)c1. The molecule has 0 aromatic heterocycles. The summed E-state index contributed by atoms with van der Waals surface area (Å²) in [5, 5.41) is 2.72. The summed E-state index contributed by atoms with van der Waals surface area (Å²) in [6, 6.07) is 5.80. The third-order valence-electron chi connectivity index (χ3n) is 2.04. The molecule has 1 amide bonds. The van der Waals surface area contributed by atoms with E-state index in [0.29, 0.717) is 0 Å². The van der Waals surface area contributed by atoms with Gasteiger partial charge in [-0.2, -0.15) is 0 Å². The molecular weight excluding hydrogens is 218 g/mol. The lowest BCUT2D eigenvalue weighted by atomic mass is 10.1. The Morgan fingerprint density at radius 2 is 1.71 bits per heavy atom. The molecule has 0 saturated carbocycles. The number of hydrogen-bond donors (Lipinski definition) is 1. The molecule has 17 heavy (non-hydrogen) atoms. The number of ketones is 1. The summed E-state index contributed by atoms with van der Waals surface area (Å²) < 4.78 is 4.93. The fourth-order valence-electron chi connectivity index (χ4n) is 1.53. The highest BCUT2D eigenvalue weighted by Crippen LogP contribution is 2.13. The van der Waals surface area contributed by atoms with Gasteiger partial charge in [-0.15, -0.1) is 0 Å². The second-order valence-corrected chi connectivity index (χ2v) is 4.12. The number of nitrogens with one attached hydrogen (secondary N) is 1. The Bertz CT molecular complexity index is 406. The summed E-state index contributed by atoms with van der Waals surface area (Å²) in [5.41, 5.74) is 2.92. The van der Waals surface area contributed by atoms with Crippen LogP contribution in [0.3, 0.4) is 0 Å². The van der Waals surface area contributed by atoms with E-state index in [1.807, 2.05) is 32.0 Å². The average molecular weight is 235 g/mol. The van der Waals surface area contributed by atoms with E-state index in [2.05, 4.69) is 5.32 Å². The van der Waals surface area contributed by atoms with Crippen LogP contribution < -0.4 is 5.32 Å². The molecule has 1 rings (SSSR count). The lowest BCUT2D eigenvalue weighted by Crippen LogP contribution is -2.20. The number of hydrogen-bond acceptors (Lipinski definition) is 3. The molecule has 4 heteroatoms. The van der Waals surface area contributed by atoms with Gasteiger partial charge >= 0.3 is 0 Å². The minimum Gasteiger partial charge on any atom is -0.364 e. The lowest BCUT2D eigenvalue weighted by Gasteiger charge is -2.07. The molecule has 0 aliphatic rings. The van der Waals surface area contributed by atoms with Crippen molar-refractivity contribution in [2.75, 3.05) is 18.5 Å². The van der Waals surface area contributed by atoms with Gasteiger partial charge in [0.2, 0.25) is 5.91 Å². The third-order valence-corrected chi connectivity index (χ3v) is 2.04. The highest BCUT2D eigenvalue weighted by Gasteiger charge is 2.04. The van der Waals surface area contributed by atoms with Crippen LogP contribution in [0, 0.1) is 13.8 Å². The number of ether oxygens (including phenoxy) is 1. The number of carbonyl (C=O) groups excluding carboxylic acids is 2. The van der Waals surface area contributed by atoms with Crippen LogP contribution in [0.5, 0.6) is 0 Å². The zero-order valence-corrected chi connectivity index (χ0v) is 10.4. The van der Waals surface area contributed by atoms with Gasteiger partial charge in [-0.05, 0) is 44.0 Å². The van der Waals surface area contributed by atoms with Gasteiger partial charge in [0.1, 0.15) is 13.2 Å². The average Bonchev–Trinajstić information content (AvgIpc) is 2.14. The first kappa shape index (κ1) is 13.4. The van der Waals surface area contributed by atoms with Crippen molar-refractivity contribution < 1.29 is 14.3 Å². The van der Waals surface area contributed by atoms with Gasteiger partial charge in [-0.25, -0.2) is 0 Å².